The van der Waals surface area contributed by atoms with Crippen LogP contribution in [0.5, 0.6) is 0 Å². The highest BCUT2D eigenvalue weighted by Gasteiger charge is 2.66. The van der Waals surface area contributed by atoms with Gasteiger partial charge in [-0.2, -0.15) is 0 Å². The fourth-order valence-electron chi connectivity index (χ4n) is 5.51. The molecule has 1 heterocycles. The van der Waals surface area contributed by atoms with Crippen molar-refractivity contribution in [3.8, 4) is 0 Å². The molecule has 1 saturated heterocycles. The Morgan fingerprint density at radius 2 is 1.71 bits per heavy atom. The number of fused-ring (bicyclic) bond motifs is 5. The minimum Gasteiger partial charge on any atom is -0.452 e. The van der Waals surface area contributed by atoms with Crippen LogP contribution < -0.4 is 10.2 Å². The minimum atomic E-state index is -0.741. The zero-order valence-electron chi connectivity index (χ0n) is 18.5. The number of nitrogens with one attached hydrogen (secondary N) is 1. The molecule has 6 atom stereocenters. The van der Waals surface area contributed by atoms with Gasteiger partial charge in [-0.25, -0.2) is 4.79 Å². The first-order valence-electron chi connectivity index (χ1n) is 11.2. The predicted molar refractivity (Wildman–Crippen MR) is 135 cm³/mol. The van der Waals surface area contributed by atoms with Gasteiger partial charge in [-0.3, -0.25) is 19.3 Å². The molecular formula is C25H21BrCl2N2O5. The van der Waals surface area contributed by atoms with Gasteiger partial charge in [0, 0.05) is 10.2 Å². The molecular weight excluding hydrogens is 559 g/mol. The van der Waals surface area contributed by atoms with Crippen molar-refractivity contribution in [3.63, 3.8) is 0 Å². The van der Waals surface area contributed by atoms with E-state index in [2.05, 4.69) is 21.2 Å². The Kier molecular flexibility index (Phi) is 6.40. The summed E-state index contributed by atoms with van der Waals surface area (Å²) in [5, 5.41) is 1.99. The summed E-state index contributed by atoms with van der Waals surface area (Å²) in [6, 6.07) is 11.4. The maximum absolute atomic E-state index is 13.2. The summed E-state index contributed by atoms with van der Waals surface area (Å²) in [6.07, 6.45) is 0.678. The first-order chi connectivity index (χ1) is 16.7. The van der Waals surface area contributed by atoms with Crippen molar-refractivity contribution in [3.05, 3.63) is 58.1 Å². The molecule has 3 fully saturated rings. The molecule has 0 aromatic heterocycles. The number of nitrogens with zero attached hydrogens (tertiary/aromatic N) is 1. The van der Waals surface area contributed by atoms with Crippen LogP contribution in [-0.4, -0.2) is 41.1 Å². The van der Waals surface area contributed by atoms with Gasteiger partial charge in [0.1, 0.15) is 0 Å². The Bertz CT molecular complexity index is 1220. The monoisotopic (exact) mass is 578 g/mol. The highest BCUT2D eigenvalue weighted by Crippen LogP contribution is 2.59. The van der Waals surface area contributed by atoms with E-state index in [-0.39, 0.29) is 45.7 Å². The fourth-order valence-corrected chi connectivity index (χ4v) is 6.65. The number of rotatable bonds is 5. The highest BCUT2D eigenvalue weighted by atomic mass is 79.9. The van der Waals surface area contributed by atoms with Gasteiger partial charge in [0.15, 0.2) is 6.61 Å². The number of hydrogen-bond donors (Lipinski definition) is 1. The summed E-state index contributed by atoms with van der Waals surface area (Å²) in [5.41, 5.74) is 1.94. The first kappa shape index (κ1) is 24.3. The molecule has 3 aliphatic rings. The molecule has 0 unspecified atom stereocenters. The van der Waals surface area contributed by atoms with Crippen molar-refractivity contribution in [2.45, 2.75) is 24.1 Å². The molecule has 5 rings (SSSR count). The normalized spacial score (nSPS) is 28.9. The second-order valence-corrected chi connectivity index (χ2v) is 11.0. The van der Waals surface area contributed by atoms with E-state index < -0.39 is 30.3 Å². The SMILES string of the molecule is Cc1cc(NC(=O)COC(=O)c2cccc(N3C(=O)[C@@H]4[C@H]5C[C@@H]([C@H](Cl)[C@H]5Cl)[C@H]4C3=O)c2)ccc1Br. The van der Waals surface area contributed by atoms with Crippen molar-refractivity contribution in [1.29, 1.82) is 0 Å². The van der Waals surface area contributed by atoms with E-state index in [4.69, 9.17) is 27.9 Å². The van der Waals surface area contributed by atoms with Crippen LogP contribution in [0.25, 0.3) is 0 Å². The lowest BCUT2D eigenvalue weighted by atomic mass is 9.80. The van der Waals surface area contributed by atoms with Crippen LogP contribution in [0.1, 0.15) is 22.3 Å². The number of imide groups is 1. The molecule has 35 heavy (non-hydrogen) atoms. The summed E-state index contributed by atoms with van der Waals surface area (Å²) in [5.74, 6) is -3.06. The smallest absolute Gasteiger partial charge is 0.338 e. The Morgan fingerprint density at radius 1 is 1.06 bits per heavy atom. The van der Waals surface area contributed by atoms with Crippen LogP contribution in [0, 0.1) is 30.6 Å². The topological polar surface area (TPSA) is 92.8 Å². The van der Waals surface area contributed by atoms with Crippen molar-refractivity contribution in [2.24, 2.45) is 23.7 Å². The summed E-state index contributed by atoms with van der Waals surface area (Å²) < 4.78 is 6.07. The van der Waals surface area contributed by atoms with Crippen LogP contribution in [0.2, 0.25) is 0 Å². The number of esters is 1. The van der Waals surface area contributed by atoms with Crippen molar-refractivity contribution in [2.75, 3.05) is 16.8 Å². The molecule has 1 aliphatic heterocycles. The number of carbonyl (C=O) groups is 4. The molecule has 1 N–H and O–H groups in total. The fraction of sp³-hybridized carbons (Fsp3) is 0.360. The Balaban J connectivity index is 1.26. The van der Waals surface area contributed by atoms with Crippen molar-refractivity contribution < 1.29 is 23.9 Å². The van der Waals surface area contributed by atoms with Crippen LogP contribution in [0.3, 0.4) is 0 Å². The molecule has 10 heteroatoms. The van der Waals surface area contributed by atoms with Gasteiger partial charge in [-0.15, -0.1) is 23.2 Å². The molecule has 2 aromatic rings. The Morgan fingerprint density at radius 3 is 2.34 bits per heavy atom. The average Bonchev–Trinajstić information content (AvgIpc) is 3.44. The number of ether oxygens (including phenoxy) is 1. The summed E-state index contributed by atoms with van der Waals surface area (Å²) >= 11 is 16.2. The largest absolute Gasteiger partial charge is 0.452 e. The Hall–Kier alpha value is -2.42. The summed E-state index contributed by atoms with van der Waals surface area (Å²) in [4.78, 5) is 52.3. The molecule has 2 saturated carbocycles. The maximum Gasteiger partial charge on any atom is 0.338 e. The Labute approximate surface area is 220 Å². The van der Waals surface area contributed by atoms with Crippen molar-refractivity contribution in [1.82, 2.24) is 0 Å². The van der Waals surface area contributed by atoms with E-state index in [1.165, 1.54) is 12.1 Å². The lowest BCUT2D eigenvalue weighted by molar-refractivity contribution is -0.123. The lowest BCUT2D eigenvalue weighted by Gasteiger charge is -2.28. The van der Waals surface area contributed by atoms with E-state index in [0.717, 1.165) is 14.9 Å². The predicted octanol–water partition coefficient (Wildman–Crippen LogP) is 4.52. The number of amides is 3. The second-order valence-electron chi connectivity index (χ2n) is 9.15. The minimum absolute atomic E-state index is 0.126. The molecule has 0 radical (unpaired) electrons. The first-order valence-corrected chi connectivity index (χ1v) is 12.8. The lowest BCUT2D eigenvalue weighted by Crippen LogP contribution is -2.37. The van der Waals surface area contributed by atoms with Crippen LogP contribution >= 0.6 is 39.1 Å². The number of anilines is 2. The molecule has 7 nitrogen and oxygen atoms in total. The number of hydrogen-bond acceptors (Lipinski definition) is 5. The number of aryl methyl sites for hydroxylation is 1. The van der Waals surface area contributed by atoms with Gasteiger partial charge < -0.3 is 10.1 Å². The molecule has 3 amide bonds. The molecule has 2 bridgehead atoms. The van der Waals surface area contributed by atoms with E-state index in [9.17, 15) is 19.2 Å². The summed E-state index contributed by atoms with van der Waals surface area (Å²) in [6.45, 7) is 1.41. The third-order valence-electron chi connectivity index (χ3n) is 7.10. The van der Waals surface area contributed by atoms with Gasteiger partial charge >= 0.3 is 5.97 Å². The van der Waals surface area contributed by atoms with E-state index in [1.54, 1.807) is 24.3 Å². The molecule has 2 aliphatic carbocycles. The second kappa shape index (κ2) is 9.22. The quantitative estimate of drug-likeness (QED) is 0.319. The van der Waals surface area contributed by atoms with Gasteiger partial charge in [-0.1, -0.05) is 22.0 Å². The van der Waals surface area contributed by atoms with Crippen molar-refractivity contribution >= 4 is 74.2 Å². The van der Waals surface area contributed by atoms with Gasteiger partial charge in [-0.05, 0) is 67.1 Å². The van der Waals surface area contributed by atoms with Gasteiger partial charge in [0.25, 0.3) is 5.91 Å². The number of carbonyl (C=O) groups excluding carboxylic acids is 4. The standard InChI is InChI=1S/C25H21BrCl2N2O5/c1-11-7-13(5-6-17(11)26)29-18(31)10-35-25(34)12-3-2-4-14(8-12)30-23(32)19-15-9-16(20(19)24(30)33)22(28)21(15)27/h2-8,15-16,19-22H,9-10H2,1H3,(H,29,31)/t15-,16-,19-,20-,21+,22+/m1/s1. The van der Waals surface area contributed by atoms with Crippen LogP contribution in [0.4, 0.5) is 11.4 Å². The van der Waals surface area contributed by atoms with E-state index >= 15 is 0 Å². The zero-order valence-corrected chi connectivity index (χ0v) is 21.6. The molecule has 2 aromatic carbocycles. The zero-order chi connectivity index (χ0) is 25.0. The third-order valence-corrected chi connectivity index (χ3v) is 9.31. The molecule has 0 spiro atoms. The number of alkyl halides is 2. The summed E-state index contributed by atoms with van der Waals surface area (Å²) in [7, 11) is 0. The number of halogens is 3. The molecule has 182 valence electrons. The van der Waals surface area contributed by atoms with E-state index in [1.807, 2.05) is 13.0 Å². The van der Waals surface area contributed by atoms with Crippen LogP contribution in [-0.2, 0) is 19.1 Å². The number of benzene rings is 2. The van der Waals surface area contributed by atoms with Crippen LogP contribution in [0.15, 0.2) is 46.9 Å². The maximum atomic E-state index is 13.2. The van der Waals surface area contributed by atoms with E-state index in [0.29, 0.717) is 12.1 Å². The highest BCUT2D eigenvalue weighted by molar-refractivity contribution is 9.10. The third kappa shape index (κ3) is 4.15. The van der Waals surface area contributed by atoms with Gasteiger partial charge in [0.05, 0.1) is 33.8 Å². The average molecular weight is 580 g/mol. The van der Waals surface area contributed by atoms with Gasteiger partial charge in [0.2, 0.25) is 11.8 Å².